The summed E-state index contributed by atoms with van der Waals surface area (Å²) in [6.45, 7) is 5.98. The van der Waals surface area contributed by atoms with Crippen molar-refractivity contribution in [2.24, 2.45) is 0 Å². The zero-order chi connectivity index (χ0) is 22.5. The maximum absolute atomic E-state index is 12.9. The number of nitrogens with one attached hydrogen (secondary N) is 2. The third-order valence-electron chi connectivity index (χ3n) is 4.49. The van der Waals surface area contributed by atoms with E-state index in [2.05, 4.69) is 10.6 Å². The Balaban J connectivity index is 1.66. The summed E-state index contributed by atoms with van der Waals surface area (Å²) in [6, 6.07) is 9.36. The molecule has 31 heavy (non-hydrogen) atoms. The topological polar surface area (TPSA) is 115 Å². The summed E-state index contributed by atoms with van der Waals surface area (Å²) < 4.78 is 21.6. The van der Waals surface area contributed by atoms with E-state index in [0.29, 0.717) is 0 Å². The molecule has 168 valence electrons. The lowest BCUT2D eigenvalue weighted by Gasteiger charge is -2.42. The fourth-order valence-electron chi connectivity index (χ4n) is 2.93. The minimum atomic E-state index is -1.12. The Morgan fingerprint density at radius 3 is 2.55 bits per heavy atom. The Labute approximate surface area is 181 Å². The minimum absolute atomic E-state index is 0.0133. The molecule has 0 saturated carbocycles. The molecule has 2 heterocycles. The van der Waals surface area contributed by atoms with E-state index in [1.54, 1.807) is 20.8 Å². The SMILES string of the molecule is CC(C)(C)OC(=O)NCC1(NC(=O)C2=C(OCc3ccccc3)C(O)C=CO2)COC1. The van der Waals surface area contributed by atoms with Gasteiger partial charge in [0.05, 0.1) is 19.5 Å². The van der Waals surface area contributed by atoms with Gasteiger partial charge < -0.3 is 34.7 Å². The Morgan fingerprint density at radius 2 is 1.94 bits per heavy atom. The molecule has 1 aromatic carbocycles. The number of amides is 2. The fourth-order valence-corrected chi connectivity index (χ4v) is 2.93. The third kappa shape index (κ3) is 6.22. The van der Waals surface area contributed by atoms with Gasteiger partial charge in [-0.15, -0.1) is 0 Å². The molecule has 0 aliphatic carbocycles. The number of hydrogen-bond donors (Lipinski definition) is 3. The van der Waals surface area contributed by atoms with Gasteiger partial charge in [-0.05, 0) is 32.4 Å². The summed E-state index contributed by atoms with van der Waals surface area (Å²) in [5.74, 6) is -0.713. The van der Waals surface area contributed by atoms with Crippen LogP contribution in [0.4, 0.5) is 4.79 Å². The van der Waals surface area contributed by atoms with Crippen molar-refractivity contribution in [3.8, 4) is 0 Å². The number of aliphatic hydroxyl groups is 1. The van der Waals surface area contributed by atoms with Crippen LogP contribution in [0.3, 0.4) is 0 Å². The van der Waals surface area contributed by atoms with Gasteiger partial charge in [-0.1, -0.05) is 30.3 Å². The van der Waals surface area contributed by atoms with Gasteiger partial charge >= 0.3 is 6.09 Å². The molecule has 9 heteroatoms. The molecule has 0 aromatic heterocycles. The van der Waals surface area contributed by atoms with Crippen LogP contribution < -0.4 is 10.6 Å². The van der Waals surface area contributed by atoms with Crippen LogP contribution in [0.25, 0.3) is 0 Å². The summed E-state index contributed by atoms with van der Waals surface area (Å²) in [5, 5.41) is 15.8. The second-order valence-electron chi connectivity index (χ2n) is 8.44. The molecular formula is C22H28N2O7. The van der Waals surface area contributed by atoms with Crippen LogP contribution >= 0.6 is 0 Å². The van der Waals surface area contributed by atoms with Gasteiger partial charge in [0.2, 0.25) is 5.76 Å². The van der Waals surface area contributed by atoms with Gasteiger partial charge in [-0.3, -0.25) is 4.79 Å². The number of alkyl carbamates (subject to hydrolysis) is 1. The summed E-state index contributed by atoms with van der Waals surface area (Å²) in [6.07, 6.45) is 0.902. The Morgan fingerprint density at radius 1 is 1.23 bits per heavy atom. The van der Waals surface area contributed by atoms with Crippen LogP contribution in [0, 0.1) is 0 Å². The van der Waals surface area contributed by atoms with Crippen LogP contribution in [-0.2, 0) is 30.3 Å². The predicted molar refractivity (Wildman–Crippen MR) is 110 cm³/mol. The van der Waals surface area contributed by atoms with Crippen molar-refractivity contribution >= 4 is 12.0 Å². The monoisotopic (exact) mass is 432 g/mol. The standard InChI is InChI=1S/C22H28N2O7/c1-21(2,3)31-20(27)23-12-22(13-28-14-22)24-19(26)18-17(16(25)9-10-29-18)30-11-15-7-5-4-6-8-15/h4-10,16,25H,11-14H2,1-3H3,(H,23,27)(H,24,26). The van der Waals surface area contributed by atoms with E-state index in [1.165, 1.54) is 12.3 Å². The van der Waals surface area contributed by atoms with E-state index in [0.717, 1.165) is 5.56 Å². The molecule has 0 radical (unpaired) electrons. The molecular weight excluding hydrogens is 404 g/mol. The van der Waals surface area contributed by atoms with E-state index in [1.807, 2.05) is 30.3 Å². The summed E-state index contributed by atoms with van der Waals surface area (Å²) in [5.41, 5.74) is -0.576. The van der Waals surface area contributed by atoms with Gasteiger partial charge in [0.25, 0.3) is 5.91 Å². The predicted octanol–water partition coefficient (Wildman–Crippen LogP) is 1.73. The van der Waals surface area contributed by atoms with E-state index in [9.17, 15) is 14.7 Å². The number of rotatable bonds is 7. The Hall–Kier alpha value is -3.04. The van der Waals surface area contributed by atoms with Crippen molar-refractivity contribution in [1.82, 2.24) is 10.6 Å². The molecule has 0 bridgehead atoms. The maximum atomic E-state index is 12.9. The summed E-state index contributed by atoms with van der Waals surface area (Å²) in [4.78, 5) is 24.9. The highest BCUT2D eigenvalue weighted by Crippen LogP contribution is 2.23. The second kappa shape index (κ2) is 9.40. The zero-order valence-electron chi connectivity index (χ0n) is 17.8. The lowest BCUT2D eigenvalue weighted by Crippen LogP contribution is -2.67. The molecule has 3 N–H and O–H groups in total. The first-order chi connectivity index (χ1) is 14.7. The molecule has 1 saturated heterocycles. The third-order valence-corrected chi connectivity index (χ3v) is 4.49. The van der Waals surface area contributed by atoms with Gasteiger partial charge in [0.15, 0.2) is 5.76 Å². The smallest absolute Gasteiger partial charge is 0.407 e. The quantitative estimate of drug-likeness (QED) is 0.601. The Kier molecular flexibility index (Phi) is 6.87. The van der Waals surface area contributed by atoms with Crippen molar-refractivity contribution < 1.29 is 33.6 Å². The maximum Gasteiger partial charge on any atom is 0.407 e. The highest BCUT2D eigenvalue weighted by Gasteiger charge is 2.42. The highest BCUT2D eigenvalue weighted by molar-refractivity contribution is 5.93. The summed E-state index contributed by atoms with van der Waals surface area (Å²) in [7, 11) is 0. The van der Waals surface area contributed by atoms with Crippen LogP contribution in [0.15, 0.2) is 54.2 Å². The molecule has 9 nitrogen and oxygen atoms in total. The van der Waals surface area contributed by atoms with Gasteiger partial charge in [-0.25, -0.2) is 4.79 Å². The Bertz CT molecular complexity index is 854. The van der Waals surface area contributed by atoms with E-state index >= 15 is 0 Å². The van der Waals surface area contributed by atoms with Crippen molar-refractivity contribution in [3.63, 3.8) is 0 Å². The lowest BCUT2D eigenvalue weighted by atomic mass is 9.97. The summed E-state index contributed by atoms with van der Waals surface area (Å²) >= 11 is 0. The minimum Gasteiger partial charge on any atom is -0.486 e. The largest absolute Gasteiger partial charge is 0.486 e. The first-order valence-electron chi connectivity index (χ1n) is 9.97. The number of carbonyl (C=O) groups excluding carboxylic acids is 2. The molecule has 2 aliphatic heterocycles. The van der Waals surface area contributed by atoms with Crippen molar-refractivity contribution in [1.29, 1.82) is 0 Å². The van der Waals surface area contributed by atoms with Crippen molar-refractivity contribution in [2.45, 2.75) is 44.6 Å². The number of ether oxygens (including phenoxy) is 4. The van der Waals surface area contributed by atoms with E-state index in [-0.39, 0.29) is 37.9 Å². The molecule has 2 aliphatic rings. The van der Waals surface area contributed by atoms with Crippen molar-refractivity contribution in [2.75, 3.05) is 19.8 Å². The molecule has 1 fully saturated rings. The van der Waals surface area contributed by atoms with E-state index < -0.39 is 29.2 Å². The molecule has 2 amide bonds. The molecule has 1 atom stereocenters. The lowest BCUT2D eigenvalue weighted by molar-refractivity contribution is -0.132. The number of benzene rings is 1. The highest BCUT2D eigenvalue weighted by atomic mass is 16.6. The first kappa shape index (κ1) is 22.6. The molecule has 0 spiro atoms. The number of aliphatic hydroxyl groups excluding tert-OH is 1. The van der Waals surface area contributed by atoms with Crippen molar-refractivity contribution in [3.05, 3.63) is 59.8 Å². The average Bonchev–Trinajstić information content (AvgIpc) is 2.68. The molecule has 3 rings (SSSR count). The normalized spacial score (nSPS) is 19.7. The zero-order valence-corrected chi connectivity index (χ0v) is 17.8. The van der Waals surface area contributed by atoms with Crippen LogP contribution in [0.2, 0.25) is 0 Å². The van der Waals surface area contributed by atoms with Crippen LogP contribution in [0.1, 0.15) is 26.3 Å². The van der Waals surface area contributed by atoms with Gasteiger partial charge in [0.1, 0.15) is 23.9 Å². The van der Waals surface area contributed by atoms with Gasteiger partial charge in [0, 0.05) is 6.54 Å². The second-order valence-corrected chi connectivity index (χ2v) is 8.44. The van der Waals surface area contributed by atoms with E-state index in [4.69, 9.17) is 18.9 Å². The van der Waals surface area contributed by atoms with Crippen LogP contribution in [-0.4, -0.2) is 54.1 Å². The average molecular weight is 432 g/mol. The fraction of sp³-hybridized carbons (Fsp3) is 0.455. The molecule has 1 unspecified atom stereocenters. The first-order valence-corrected chi connectivity index (χ1v) is 9.97. The van der Waals surface area contributed by atoms with Crippen LogP contribution in [0.5, 0.6) is 0 Å². The number of carbonyl (C=O) groups is 2. The number of hydrogen-bond acceptors (Lipinski definition) is 7. The van der Waals surface area contributed by atoms with Gasteiger partial charge in [-0.2, -0.15) is 0 Å². The molecule has 1 aromatic rings.